The second-order valence-electron chi connectivity index (χ2n) is 5.30. The monoisotopic (exact) mass is 419 g/mol. The van der Waals surface area contributed by atoms with Gasteiger partial charge in [0.15, 0.2) is 8.29 Å². The van der Waals surface area contributed by atoms with E-state index in [1.165, 1.54) is 35.2 Å². The maximum Gasteiger partial charge on any atom is 0.338 e. The Bertz CT molecular complexity index is 1030. The summed E-state index contributed by atoms with van der Waals surface area (Å²) < 4.78 is 8.40. The molecule has 0 bridgehead atoms. The molecule has 0 aliphatic carbocycles. The van der Waals surface area contributed by atoms with Crippen LogP contribution in [0.4, 0.5) is 5.69 Å². The first-order valence-electron chi connectivity index (χ1n) is 7.63. The predicted octanol–water partition coefficient (Wildman–Crippen LogP) is 4.65. The molecule has 0 N–H and O–H groups in total. The SMILES string of the molecule is CSc1nn(-c2ccc(C(=O)OCc3ccc([N+](=O)[O-])cc3)cc2)c(=S)s1. The Kier molecular flexibility index (Phi) is 5.99. The van der Waals surface area contributed by atoms with Crippen LogP contribution in [-0.4, -0.2) is 26.9 Å². The van der Waals surface area contributed by atoms with E-state index in [4.69, 9.17) is 17.0 Å². The first-order chi connectivity index (χ1) is 13.0. The summed E-state index contributed by atoms with van der Waals surface area (Å²) in [6, 6.07) is 12.7. The van der Waals surface area contributed by atoms with Crippen LogP contribution in [0.15, 0.2) is 52.9 Å². The maximum atomic E-state index is 12.2. The number of nitro groups is 1. The van der Waals surface area contributed by atoms with E-state index in [1.54, 1.807) is 41.1 Å². The molecule has 3 aromatic rings. The zero-order valence-electron chi connectivity index (χ0n) is 14.0. The molecule has 2 aromatic carbocycles. The Balaban J connectivity index is 1.66. The third kappa shape index (κ3) is 4.59. The first kappa shape index (κ1) is 19.2. The normalized spacial score (nSPS) is 10.6. The molecule has 0 aliphatic heterocycles. The highest BCUT2D eigenvalue weighted by atomic mass is 32.2. The second kappa shape index (κ2) is 8.42. The van der Waals surface area contributed by atoms with Gasteiger partial charge in [-0.25, -0.2) is 9.48 Å². The van der Waals surface area contributed by atoms with E-state index >= 15 is 0 Å². The van der Waals surface area contributed by atoms with Crippen molar-refractivity contribution in [3.05, 3.63) is 73.7 Å². The number of carbonyl (C=O) groups is 1. The minimum Gasteiger partial charge on any atom is -0.457 e. The van der Waals surface area contributed by atoms with E-state index in [9.17, 15) is 14.9 Å². The van der Waals surface area contributed by atoms with Gasteiger partial charge in [0.05, 0.1) is 16.2 Å². The summed E-state index contributed by atoms with van der Waals surface area (Å²) in [5.74, 6) is -0.480. The molecule has 1 aromatic heterocycles. The summed E-state index contributed by atoms with van der Waals surface area (Å²) in [5, 5.41) is 15.0. The van der Waals surface area contributed by atoms with Crippen LogP contribution < -0.4 is 0 Å². The number of nitro benzene ring substituents is 1. The number of aromatic nitrogens is 2. The lowest BCUT2D eigenvalue weighted by atomic mass is 10.2. The number of hydrogen-bond donors (Lipinski definition) is 0. The second-order valence-corrected chi connectivity index (χ2v) is 7.97. The molecule has 27 heavy (non-hydrogen) atoms. The minimum atomic E-state index is -0.480. The number of nitrogens with zero attached hydrogens (tertiary/aromatic N) is 3. The van der Waals surface area contributed by atoms with Gasteiger partial charge in [-0.05, 0) is 60.4 Å². The summed E-state index contributed by atoms with van der Waals surface area (Å²) in [5.41, 5.74) is 1.82. The van der Waals surface area contributed by atoms with Crippen molar-refractivity contribution in [3.8, 4) is 5.69 Å². The van der Waals surface area contributed by atoms with Crippen LogP contribution >= 0.6 is 35.3 Å². The highest BCUT2D eigenvalue weighted by molar-refractivity contribution is 8.00. The molecule has 0 saturated carbocycles. The van der Waals surface area contributed by atoms with Gasteiger partial charge < -0.3 is 4.74 Å². The molecule has 0 radical (unpaired) electrons. The largest absolute Gasteiger partial charge is 0.457 e. The quantitative estimate of drug-likeness (QED) is 0.189. The smallest absolute Gasteiger partial charge is 0.338 e. The molecule has 3 rings (SSSR count). The van der Waals surface area contributed by atoms with Crippen molar-refractivity contribution in [1.29, 1.82) is 0 Å². The van der Waals surface area contributed by atoms with Crippen molar-refractivity contribution in [2.75, 3.05) is 6.26 Å². The van der Waals surface area contributed by atoms with Crippen LogP contribution in [0.1, 0.15) is 15.9 Å². The molecule has 1 heterocycles. The fourth-order valence-electron chi connectivity index (χ4n) is 2.19. The van der Waals surface area contributed by atoms with Crippen LogP contribution in [-0.2, 0) is 11.3 Å². The van der Waals surface area contributed by atoms with Crippen molar-refractivity contribution in [3.63, 3.8) is 0 Å². The van der Waals surface area contributed by atoms with Crippen LogP contribution in [0.2, 0.25) is 0 Å². The molecule has 0 atom stereocenters. The van der Waals surface area contributed by atoms with Gasteiger partial charge in [-0.1, -0.05) is 23.1 Å². The highest BCUT2D eigenvalue weighted by Crippen LogP contribution is 2.22. The summed E-state index contributed by atoms with van der Waals surface area (Å²) >= 11 is 8.24. The first-order valence-corrected chi connectivity index (χ1v) is 10.1. The van der Waals surface area contributed by atoms with Crippen molar-refractivity contribution < 1.29 is 14.5 Å². The lowest BCUT2D eigenvalue weighted by molar-refractivity contribution is -0.384. The van der Waals surface area contributed by atoms with Crippen LogP contribution in [0.25, 0.3) is 5.69 Å². The number of ether oxygens (including phenoxy) is 1. The van der Waals surface area contributed by atoms with E-state index in [2.05, 4.69) is 5.10 Å². The van der Waals surface area contributed by atoms with Gasteiger partial charge in [-0.2, -0.15) is 0 Å². The third-order valence-corrected chi connectivity index (χ3v) is 5.78. The van der Waals surface area contributed by atoms with Gasteiger partial charge in [0.2, 0.25) is 0 Å². The fraction of sp³-hybridized carbons (Fsp3) is 0.118. The number of rotatable bonds is 6. The highest BCUT2D eigenvalue weighted by Gasteiger charge is 2.10. The molecule has 0 spiro atoms. The Labute approximate surface area is 167 Å². The van der Waals surface area contributed by atoms with Crippen molar-refractivity contribution in [2.45, 2.75) is 10.9 Å². The predicted molar refractivity (Wildman–Crippen MR) is 106 cm³/mol. The van der Waals surface area contributed by atoms with E-state index in [1.807, 2.05) is 6.26 Å². The summed E-state index contributed by atoms with van der Waals surface area (Å²) in [6.45, 7) is 0.0345. The maximum absolute atomic E-state index is 12.2. The van der Waals surface area contributed by atoms with Gasteiger partial charge >= 0.3 is 5.97 Å². The van der Waals surface area contributed by atoms with Crippen LogP contribution in [0, 0.1) is 14.1 Å². The molecule has 0 aliphatic rings. The molecule has 7 nitrogen and oxygen atoms in total. The van der Waals surface area contributed by atoms with E-state index in [0.717, 1.165) is 10.0 Å². The number of carbonyl (C=O) groups excluding carboxylic acids is 1. The molecule has 0 amide bonds. The average molecular weight is 420 g/mol. The van der Waals surface area contributed by atoms with Gasteiger partial charge in [0.1, 0.15) is 6.61 Å². The number of thioether (sulfide) groups is 1. The van der Waals surface area contributed by atoms with Crippen molar-refractivity contribution in [2.24, 2.45) is 0 Å². The van der Waals surface area contributed by atoms with Gasteiger partial charge in [0, 0.05) is 12.1 Å². The Hall–Kier alpha value is -2.56. The number of non-ortho nitro benzene ring substituents is 1. The van der Waals surface area contributed by atoms with Gasteiger partial charge in [0.25, 0.3) is 5.69 Å². The average Bonchev–Trinajstić information content (AvgIpc) is 3.07. The fourth-order valence-corrected chi connectivity index (χ4v) is 3.97. The summed E-state index contributed by atoms with van der Waals surface area (Å²) in [4.78, 5) is 22.3. The number of benzene rings is 2. The Morgan fingerprint density at radius 3 is 2.48 bits per heavy atom. The van der Waals surface area contributed by atoms with E-state index in [0.29, 0.717) is 15.1 Å². The summed E-state index contributed by atoms with van der Waals surface area (Å²) in [7, 11) is 0. The van der Waals surface area contributed by atoms with Crippen LogP contribution in [0.3, 0.4) is 0 Å². The van der Waals surface area contributed by atoms with Crippen LogP contribution in [0.5, 0.6) is 0 Å². The molecular weight excluding hydrogens is 406 g/mol. The lowest BCUT2D eigenvalue weighted by Crippen LogP contribution is -2.06. The minimum absolute atomic E-state index is 0.00838. The van der Waals surface area contributed by atoms with E-state index < -0.39 is 10.9 Å². The van der Waals surface area contributed by atoms with Crippen molar-refractivity contribution in [1.82, 2.24) is 9.78 Å². The van der Waals surface area contributed by atoms with E-state index in [-0.39, 0.29) is 12.3 Å². The topological polar surface area (TPSA) is 87.3 Å². The molecule has 0 saturated heterocycles. The molecular formula is C17H13N3O4S3. The third-order valence-electron chi connectivity index (χ3n) is 3.57. The number of esters is 1. The molecule has 138 valence electrons. The standard InChI is InChI=1S/C17H13N3O4S3/c1-26-16-18-19(17(25)27-16)13-8-4-12(5-9-13)15(21)24-10-11-2-6-14(7-3-11)20(22)23/h2-9H,10H2,1H3. The lowest BCUT2D eigenvalue weighted by Gasteiger charge is -2.06. The molecule has 0 fully saturated rings. The number of hydrogen-bond acceptors (Lipinski definition) is 8. The Morgan fingerprint density at radius 1 is 1.26 bits per heavy atom. The zero-order valence-corrected chi connectivity index (χ0v) is 16.5. The molecule has 10 heteroatoms. The molecule has 0 unspecified atom stereocenters. The zero-order chi connectivity index (χ0) is 19.4. The van der Waals surface area contributed by atoms with Crippen molar-refractivity contribution >= 4 is 47.0 Å². The summed E-state index contributed by atoms with van der Waals surface area (Å²) in [6.07, 6.45) is 1.93. The van der Waals surface area contributed by atoms with Gasteiger partial charge in [-0.3, -0.25) is 10.1 Å². The van der Waals surface area contributed by atoms with Gasteiger partial charge in [-0.15, -0.1) is 5.10 Å². The Morgan fingerprint density at radius 2 is 1.93 bits per heavy atom.